The molecule has 0 bridgehead atoms. The van der Waals surface area contributed by atoms with Crippen molar-refractivity contribution in [3.05, 3.63) is 81.9 Å². The zero-order valence-corrected chi connectivity index (χ0v) is 17.9. The lowest BCUT2D eigenvalue weighted by Gasteiger charge is -2.16. The minimum Gasteiger partial charge on any atom is -0.450 e. The van der Waals surface area contributed by atoms with Gasteiger partial charge in [0.1, 0.15) is 5.76 Å². The Morgan fingerprint density at radius 3 is 2.61 bits per heavy atom. The average molecular weight is 444 g/mol. The third kappa shape index (κ3) is 4.05. The monoisotopic (exact) mass is 443 g/mol. The van der Waals surface area contributed by atoms with Crippen molar-refractivity contribution in [3.63, 3.8) is 0 Å². The number of anilines is 1. The predicted molar refractivity (Wildman–Crippen MR) is 121 cm³/mol. The minimum absolute atomic E-state index is 0.132. The molecule has 140 valence electrons. The number of carbonyl (C=O) groups excluding carboxylic acids is 1. The second kappa shape index (κ2) is 8.17. The molecule has 1 fully saturated rings. The maximum absolute atomic E-state index is 12.9. The predicted octanol–water partition coefficient (Wildman–Crippen LogP) is 6.80. The van der Waals surface area contributed by atoms with Crippen LogP contribution in [0.5, 0.6) is 0 Å². The number of carbonyl (C=O) groups is 1. The number of thiocarbonyl (C=S) groups is 1. The van der Waals surface area contributed by atoms with Gasteiger partial charge < -0.3 is 4.42 Å². The van der Waals surface area contributed by atoms with Crippen LogP contribution in [0.3, 0.4) is 0 Å². The molecule has 2 aromatic carbocycles. The van der Waals surface area contributed by atoms with Crippen molar-refractivity contribution in [1.82, 2.24) is 0 Å². The van der Waals surface area contributed by atoms with Gasteiger partial charge in [0.25, 0.3) is 5.91 Å². The molecule has 1 aromatic heterocycles. The molecule has 1 aliphatic rings. The number of nitrogens with zero attached hydrogens (tertiary/aromatic N) is 1. The Hall–Kier alpha value is -1.99. The molecule has 1 amide bonds. The summed E-state index contributed by atoms with van der Waals surface area (Å²) >= 11 is 14.1. The summed E-state index contributed by atoms with van der Waals surface area (Å²) in [6.07, 6.45) is 1.74. The van der Waals surface area contributed by atoms with Crippen molar-refractivity contribution in [2.45, 2.75) is 16.9 Å². The topological polar surface area (TPSA) is 33.5 Å². The molecule has 3 nitrogen and oxygen atoms in total. The van der Waals surface area contributed by atoms with E-state index in [1.165, 1.54) is 23.5 Å². The van der Waals surface area contributed by atoms with E-state index < -0.39 is 0 Å². The molecule has 2 heterocycles. The van der Waals surface area contributed by atoms with Crippen LogP contribution < -0.4 is 4.90 Å². The highest BCUT2D eigenvalue weighted by Gasteiger charge is 2.34. The van der Waals surface area contributed by atoms with Gasteiger partial charge in [0.05, 0.1) is 10.6 Å². The maximum atomic E-state index is 12.9. The number of rotatable bonds is 4. The SMILES string of the molecule is Cc1ccccc1N1C(=O)/C(=C\c2ccc(Sc3ccc(Cl)cc3)o2)SC1=S. The van der Waals surface area contributed by atoms with Crippen LogP contribution in [0.1, 0.15) is 11.3 Å². The minimum atomic E-state index is -0.132. The Labute approximate surface area is 181 Å². The molecule has 0 radical (unpaired) electrons. The fraction of sp³-hybridized carbons (Fsp3) is 0.0476. The van der Waals surface area contributed by atoms with Gasteiger partial charge in [-0.3, -0.25) is 9.69 Å². The number of halogens is 1. The summed E-state index contributed by atoms with van der Waals surface area (Å²) in [4.78, 5) is 16.0. The van der Waals surface area contributed by atoms with Gasteiger partial charge in [-0.2, -0.15) is 0 Å². The summed E-state index contributed by atoms with van der Waals surface area (Å²) in [5.74, 6) is 0.481. The molecule has 0 unspecified atom stereocenters. The van der Waals surface area contributed by atoms with E-state index in [2.05, 4.69) is 0 Å². The largest absolute Gasteiger partial charge is 0.450 e. The normalized spacial score (nSPS) is 15.6. The van der Waals surface area contributed by atoms with E-state index in [1.807, 2.05) is 67.6 Å². The highest BCUT2D eigenvalue weighted by Crippen LogP contribution is 2.38. The van der Waals surface area contributed by atoms with Gasteiger partial charge in [0, 0.05) is 16.0 Å². The molecule has 3 aromatic rings. The molecule has 0 N–H and O–H groups in total. The average Bonchev–Trinajstić information content (AvgIpc) is 3.22. The van der Waals surface area contributed by atoms with Gasteiger partial charge in [0.2, 0.25) is 0 Å². The van der Waals surface area contributed by atoms with E-state index in [9.17, 15) is 4.79 Å². The Balaban J connectivity index is 1.54. The number of benzene rings is 2. The fourth-order valence-electron chi connectivity index (χ4n) is 2.70. The fourth-order valence-corrected chi connectivity index (χ4v) is 4.87. The van der Waals surface area contributed by atoms with E-state index in [1.54, 1.807) is 11.0 Å². The number of amides is 1. The van der Waals surface area contributed by atoms with Crippen LogP contribution in [0.2, 0.25) is 5.02 Å². The summed E-state index contributed by atoms with van der Waals surface area (Å²) in [5.41, 5.74) is 1.81. The van der Waals surface area contributed by atoms with E-state index in [0.717, 1.165) is 21.2 Å². The Bertz CT molecular complexity index is 1090. The van der Waals surface area contributed by atoms with Gasteiger partial charge in [-0.15, -0.1) is 0 Å². The van der Waals surface area contributed by atoms with Gasteiger partial charge in [0.15, 0.2) is 9.41 Å². The van der Waals surface area contributed by atoms with Gasteiger partial charge in [-0.1, -0.05) is 65.5 Å². The Kier molecular flexibility index (Phi) is 5.64. The summed E-state index contributed by atoms with van der Waals surface area (Å²) in [6, 6.07) is 19.0. The highest BCUT2D eigenvalue weighted by atomic mass is 35.5. The van der Waals surface area contributed by atoms with Crippen molar-refractivity contribution < 1.29 is 9.21 Å². The standard InChI is InChI=1S/C21H14ClNO2S3/c1-13-4-2-3-5-17(13)23-20(24)18(28-21(23)26)12-15-8-11-19(25-15)27-16-9-6-14(22)7-10-16/h2-12H,1H3/b18-12+. The van der Waals surface area contributed by atoms with Crippen molar-refractivity contribution in [3.8, 4) is 0 Å². The number of hydrogen-bond acceptors (Lipinski definition) is 5. The first kappa shape index (κ1) is 19.3. The molecular formula is C21H14ClNO2S3. The van der Waals surface area contributed by atoms with Crippen LogP contribution in [0, 0.1) is 6.92 Å². The van der Waals surface area contributed by atoms with Crippen molar-refractivity contribution >= 4 is 69.3 Å². The van der Waals surface area contributed by atoms with Crippen LogP contribution in [0.15, 0.2) is 80.0 Å². The molecule has 0 aliphatic carbocycles. The summed E-state index contributed by atoms with van der Waals surface area (Å²) < 4.78 is 6.38. The molecular weight excluding hydrogens is 430 g/mol. The lowest BCUT2D eigenvalue weighted by Crippen LogP contribution is -2.28. The molecule has 4 rings (SSSR count). The maximum Gasteiger partial charge on any atom is 0.270 e. The first-order chi connectivity index (χ1) is 13.5. The number of thioether (sulfide) groups is 1. The zero-order valence-electron chi connectivity index (χ0n) is 14.7. The number of aryl methyl sites for hydroxylation is 1. The van der Waals surface area contributed by atoms with Crippen molar-refractivity contribution in [2.24, 2.45) is 0 Å². The first-order valence-corrected chi connectivity index (χ1v) is 10.8. The zero-order chi connectivity index (χ0) is 19.7. The van der Waals surface area contributed by atoms with Crippen LogP contribution in [0.25, 0.3) is 6.08 Å². The molecule has 1 saturated heterocycles. The third-order valence-electron chi connectivity index (χ3n) is 4.06. The smallest absolute Gasteiger partial charge is 0.270 e. The second-order valence-electron chi connectivity index (χ2n) is 6.02. The van der Waals surface area contributed by atoms with Crippen molar-refractivity contribution in [2.75, 3.05) is 4.90 Å². The number of hydrogen-bond donors (Lipinski definition) is 0. The molecule has 0 saturated carbocycles. The van der Waals surface area contributed by atoms with Gasteiger partial charge in [-0.25, -0.2) is 0 Å². The Morgan fingerprint density at radius 2 is 1.86 bits per heavy atom. The van der Waals surface area contributed by atoms with Crippen molar-refractivity contribution in [1.29, 1.82) is 0 Å². The molecule has 0 atom stereocenters. The Morgan fingerprint density at radius 1 is 1.11 bits per heavy atom. The van der Waals surface area contributed by atoms with E-state index in [-0.39, 0.29) is 5.91 Å². The summed E-state index contributed by atoms with van der Waals surface area (Å²) in [6.45, 7) is 1.96. The van der Waals surface area contributed by atoms with Crippen LogP contribution in [-0.4, -0.2) is 10.2 Å². The van der Waals surface area contributed by atoms with Gasteiger partial charge in [-0.05, 0) is 55.0 Å². The lowest BCUT2D eigenvalue weighted by molar-refractivity contribution is -0.113. The van der Waals surface area contributed by atoms with Crippen LogP contribution in [0.4, 0.5) is 5.69 Å². The van der Waals surface area contributed by atoms with Gasteiger partial charge >= 0.3 is 0 Å². The molecule has 28 heavy (non-hydrogen) atoms. The molecule has 1 aliphatic heterocycles. The number of furan rings is 1. The number of para-hydroxylation sites is 1. The van der Waals surface area contributed by atoms with Crippen LogP contribution in [-0.2, 0) is 4.79 Å². The first-order valence-electron chi connectivity index (χ1n) is 8.38. The van der Waals surface area contributed by atoms with E-state index in [0.29, 0.717) is 20.0 Å². The lowest BCUT2D eigenvalue weighted by atomic mass is 10.2. The summed E-state index contributed by atoms with van der Waals surface area (Å²) in [5, 5.41) is 1.43. The van der Waals surface area contributed by atoms with E-state index >= 15 is 0 Å². The van der Waals surface area contributed by atoms with E-state index in [4.69, 9.17) is 28.2 Å². The molecule has 0 spiro atoms. The summed E-state index contributed by atoms with van der Waals surface area (Å²) in [7, 11) is 0. The second-order valence-corrected chi connectivity index (χ2v) is 9.21. The van der Waals surface area contributed by atoms with Crippen LogP contribution >= 0.6 is 47.3 Å². The quantitative estimate of drug-likeness (QED) is 0.327. The molecule has 7 heteroatoms. The highest BCUT2D eigenvalue weighted by molar-refractivity contribution is 8.27. The third-order valence-corrected chi connectivity index (χ3v) is 6.54.